The molecular weight excluding hydrogens is 476 g/mol. The van der Waals surface area contributed by atoms with Crippen LogP contribution in [0.1, 0.15) is 63.5 Å². The van der Waals surface area contributed by atoms with Crippen LogP contribution in [0.3, 0.4) is 0 Å². The Morgan fingerprint density at radius 3 is 2.24 bits per heavy atom. The number of nitrogens with one attached hydrogen (secondary N) is 3. The third-order valence-electron chi connectivity index (χ3n) is 6.59. The molecule has 8 nitrogen and oxygen atoms in total. The van der Waals surface area contributed by atoms with E-state index in [1.54, 1.807) is 0 Å². The van der Waals surface area contributed by atoms with Gasteiger partial charge in [0.25, 0.3) is 0 Å². The summed E-state index contributed by atoms with van der Waals surface area (Å²) in [6.07, 6.45) is 8.50. The highest BCUT2D eigenvalue weighted by Gasteiger charge is 2.23. The Kier molecular flexibility index (Phi) is 11.2. The van der Waals surface area contributed by atoms with Gasteiger partial charge in [-0.1, -0.05) is 32.0 Å². The molecule has 0 atom stereocenters. The van der Waals surface area contributed by atoms with Crippen molar-refractivity contribution < 1.29 is 9.53 Å². The molecular formula is C30H40N6O2. The van der Waals surface area contributed by atoms with E-state index < -0.39 is 0 Å². The normalized spacial score (nSPS) is 16.7. The van der Waals surface area contributed by atoms with Crippen LogP contribution in [0.15, 0.2) is 60.9 Å². The van der Waals surface area contributed by atoms with Crippen molar-refractivity contribution in [3.8, 4) is 11.5 Å². The van der Waals surface area contributed by atoms with E-state index >= 15 is 0 Å². The van der Waals surface area contributed by atoms with Crippen LogP contribution < -0.4 is 21.1 Å². The lowest BCUT2D eigenvalue weighted by atomic mass is 9.91. The van der Waals surface area contributed by atoms with Gasteiger partial charge in [-0.05, 0) is 81.5 Å². The van der Waals surface area contributed by atoms with Gasteiger partial charge in [0.2, 0.25) is 0 Å². The minimum absolute atomic E-state index is 0.288. The number of carbonyl (C=O) groups is 1. The minimum Gasteiger partial charge on any atom is -0.457 e. The Hall–Kier alpha value is -3.78. The Balaban J connectivity index is 0.000000505. The number of nitrogens with zero attached hydrogens (tertiary/aromatic N) is 2. The molecule has 4 rings (SSSR count). The van der Waals surface area contributed by atoms with Gasteiger partial charge in [0.05, 0.1) is 11.3 Å². The van der Waals surface area contributed by atoms with Gasteiger partial charge in [-0.25, -0.2) is 9.97 Å². The van der Waals surface area contributed by atoms with Gasteiger partial charge in [-0.3, -0.25) is 5.41 Å². The summed E-state index contributed by atoms with van der Waals surface area (Å²) < 4.78 is 5.85. The lowest BCUT2D eigenvalue weighted by Gasteiger charge is -2.29. The number of ether oxygens (including phenoxy) is 1. The van der Waals surface area contributed by atoms with Crippen LogP contribution >= 0.6 is 0 Å². The molecule has 0 radical (unpaired) electrons. The maximum absolute atomic E-state index is 9.71. The summed E-state index contributed by atoms with van der Waals surface area (Å²) >= 11 is 0. The zero-order chi connectivity index (χ0) is 27.3. The average molecular weight is 517 g/mol. The SMILES string of the molecule is CC(C)CCC=O.CNC1CCC(Nc2ncnc(N)c2C(=N)c2ccc(Oc3ccccc3)cc2)CC1. The molecule has 0 spiro atoms. The summed E-state index contributed by atoms with van der Waals surface area (Å²) in [7, 11) is 2.01. The quantitative estimate of drug-likeness (QED) is 0.197. The third-order valence-corrected chi connectivity index (χ3v) is 6.59. The molecule has 8 heteroatoms. The molecule has 1 aromatic heterocycles. The van der Waals surface area contributed by atoms with Crippen LogP contribution in [0.4, 0.5) is 11.6 Å². The number of nitrogens with two attached hydrogens (primary N) is 1. The van der Waals surface area contributed by atoms with E-state index in [-0.39, 0.29) is 5.71 Å². The molecule has 1 aliphatic carbocycles. The molecule has 38 heavy (non-hydrogen) atoms. The maximum atomic E-state index is 9.71. The number of anilines is 2. The van der Waals surface area contributed by atoms with Gasteiger partial charge in [0.15, 0.2) is 0 Å². The van der Waals surface area contributed by atoms with Crippen LogP contribution in [0.25, 0.3) is 0 Å². The molecule has 1 fully saturated rings. The first kappa shape index (κ1) is 28.8. The number of rotatable bonds is 10. The minimum atomic E-state index is 0.288. The van der Waals surface area contributed by atoms with E-state index in [1.807, 2.05) is 61.6 Å². The van der Waals surface area contributed by atoms with Crippen molar-refractivity contribution in [2.45, 2.75) is 64.5 Å². The molecule has 1 aliphatic rings. The Morgan fingerprint density at radius 1 is 1.03 bits per heavy atom. The first-order valence-electron chi connectivity index (χ1n) is 13.3. The summed E-state index contributed by atoms with van der Waals surface area (Å²) in [5, 5.41) is 15.6. The van der Waals surface area contributed by atoms with E-state index in [2.05, 4.69) is 34.4 Å². The molecule has 0 saturated heterocycles. The fraction of sp³-hybridized carbons (Fsp3) is 0.400. The Morgan fingerprint density at radius 2 is 1.66 bits per heavy atom. The van der Waals surface area contributed by atoms with Crippen LogP contribution in [-0.2, 0) is 4.79 Å². The van der Waals surface area contributed by atoms with Gasteiger partial charge in [-0.2, -0.15) is 0 Å². The van der Waals surface area contributed by atoms with Gasteiger partial charge in [0.1, 0.15) is 35.7 Å². The second kappa shape index (κ2) is 14.8. The number of nitrogen functional groups attached to an aromatic ring is 1. The van der Waals surface area contributed by atoms with Gasteiger partial charge < -0.3 is 25.9 Å². The van der Waals surface area contributed by atoms with Gasteiger partial charge in [-0.15, -0.1) is 0 Å². The number of hydrogen-bond acceptors (Lipinski definition) is 8. The monoisotopic (exact) mass is 516 g/mol. The molecule has 5 N–H and O–H groups in total. The zero-order valence-electron chi connectivity index (χ0n) is 22.6. The molecule has 2 aromatic carbocycles. The Labute approximate surface area is 225 Å². The lowest BCUT2D eigenvalue weighted by molar-refractivity contribution is -0.108. The highest BCUT2D eigenvalue weighted by Crippen LogP contribution is 2.28. The summed E-state index contributed by atoms with van der Waals surface area (Å²) in [5.41, 5.74) is 7.72. The van der Waals surface area contributed by atoms with E-state index in [1.165, 1.54) is 6.33 Å². The first-order chi connectivity index (χ1) is 18.4. The topological polar surface area (TPSA) is 126 Å². The van der Waals surface area contributed by atoms with Crippen molar-refractivity contribution >= 4 is 23.6 Å². The smallest absolute Gasteiger partial charge is 0.141 e. The largest absolute Gasteiger partial charge is 0.457 e. The molecule has 1 heterocycles. The number of hydrogen-bond donors (Lipinski definition) is 4. The summed E-state index contributed by atoms with van der Waals surface area (Å²) in [6, 6.07) is 17.9. The average Bonchev–Trinajstić information content (AvgIpc) is 2.93. The number of benzene rings is 2. The van der Waals surface area contributed by atoms with Crippen LogP contribution in [-0.4, -0.2) is 41.1 Å². The molecule has 202 valence electrons. The predicted molar refractivity (Wildman–Crippen MR) is 154 cm³/mol. The second-order valence-electron chi connectivity index (χ2n) is 9.92. The van der Waals surface area contributed by atoms with Crippen LogP contribution in [0.5, 0.6) is 11.5 Å². The van der Waals surface area contributed by atoms with Crippen molar-refractivity contribution in [3.63, 3.8) is 0 Å². The molecule has 3 aromatic rings. The van der Waals surface area contributed by atoms with Crippen LogP contribution in [0.2, 0.25) is 0 Å². The fourth-order valence-corrected chi connectivity index (χ4v) is 4.33. The highest BCUT2D eigenvalue weighted by molar-refractivity contribution is 6.16. The highest BCUT2D eigenvalue weighted by atomic mass is 16.5. The van der Waals surface area contributed by atoms with Crippen molar-refractivity contribution in [2.24, 2.45) is 5.92 Å². The number of aromatic nitrogens is 2. The molecule has 0 aliphatic heterocycles. The van der Waals surface area contributed by atoms with E-state index in [4.69, 9.17) is 15.9 Å². The lowest BCUT2D eigenvalue weighted by Crippen LogP contribution is -2.35. The zero-order valence-corrected chi connectivity index (χ0v) is 22.6. The third kappa shape index (κ3) is 8.66. The fourth-order valence-electron chi connectivity index (χ4n) is 4.33. The van der Waals surface area contributed by atoms with Crippen molar-refractivity contribution in [1.29, 1.82) is 5.41 Å². The van der Waals surface area contributed by atoms with Gasteiger partial charge >= 0.3 is 0 Å². The van der Waals surface area contributed by atoms with Crippen molar-refractivity contribution in [3.05, 3.63) is 72.1 Å². The van der Waals surface area contributed by atoms with Crippen LogP contribution in [0, 0.1) is 11.3 Å². The predicted octanol–water partition coefficient (Wildman–Crippen LogP) is 5.83. The van der Waals surface area contributed by atoms with Gasteiger partial charge in [0, 0.05) is 24.1 Å². The number of carbonyl (C=O) groups excluding carboxylic acids is 1. The van der Waals surface area contributed by atoms with E-state index in [0.29, 0.717) is 41.0 Å². The second-order valence-corrected chi connectivity index (χ2v) is 9.92. The summed E-state index contributed by atoms with van der Waals surface area (Å²) in [5.74, 6) is 3.07. The summed E-state index contributed by atoms with van der Waals surface area (Å²) in [4.78, 5) is 18.2. The Bertz CT molecular complexity index is 1140. The van der Waals surface area contributed by atoms with E-state index in [0.717, 1.165) is 56.1 Å². The number of aldehydes is 1. The van der Waals surface area contributed by atoms with Crippen molar-refractivity contribution in [2.75, 3.05) is 18.1 Å². The van der Waals surface area contributed by atoms with E-state index in [9.17, 15) is 4.79 Å². The first-order valence-corrected chi connectivity index (χ1v) is 13.3. The standard InChI is InChI=1S/C24H28N6O.C6H12O/c1-27-17-9-11-18(12-10-17)30-24-21(23(26)28-15-29-24)22(25)16-7-13-20(14-8-16)31-19-5-3-2-4-6-19;1-6(2)4-3-5-7/h2-8,13-15,17-18,25,27H,9-12H2,1H3,(H3,26,28,29,30);5-6H,3-4H2,1-2H3. The molecule has 0 amide bonds. The molecule has 0 bridgehead atoms. The van der Waals surface area contributed by atoms with Crippen molar-refractivity contribution in [1.82, 2.24) is 15.3 Å². The molecule has 1 saturated carbocycles. The summed E-state index contributed by atoms with van der Waals surface area (Å²) in [6.45, 7) is 4.23. The maximum Gasteiger partial charge on any atom is 0.141 e. The molecule has 0 unspecified atom stereocenters. The number of para-hydroxylation sites is 1.